The van der Waals surface area contributed by atoms with Crippen LogP contribution in [-0.2, 0) is 16.6 Å². The van der Waals surface area contributed by atoms with E-state index in [9.17, 15) is 8.42 Å². The van der Waals surface area contributed by atoms with E-state index >= 15 is 0 Å². The Balaban J connectivity index is 1.90. The highest BCUT2D eigenvalue weighted by molar-refractivity contribution is 7.89. The summed E-state index contributed by atoms with van der Waals surface area (Å²) in [5, 5.41) is 3.48. The first-order valence-corrected chi connectivity index (χ1v) is 9.25. The van der Waals surface area contributed by atoms with Crippen LogP contribution in [0.5, 0.6) is 0 Å². The third-order valence-electron chi connectivity index (χ3n) is 3.94. The van der Waals surface area contributed by atoms with Crippen molar-refractivity contribution in [1.29, 1.82) is 0 Å². The van der Waals surface area contributed by atoms with Crippen LogP contribution < -0.4 is 10.0 Å². The second-order valence-corrected chi connectivity index (χ2v) is 7.43. The standard InChI is InChI=1S/C14H26N4O2S/c1-3-9-18-11-14(17-12(18)2)21(19,20)16-8-6-13-5-4-7-15-10-13/h11,13,15-16H,3-10H2,1-2H3. The summed E-state index contributed by atoms with van der Waals surface area (Å²) in [4.78, 5) is 4.17. The molecule has 6 nitrogen and oxygen atoms in total. The number of rotatable bonds is 7. The lowest BCUT2D eigenvalue weighted by Crippen LogP contribution is -2.33. The van der Waals surface area contributed by atoms with E-state index in [2.05, 4.69) is 21.9 Å². The molecule has 0 aliphatic carbocycles. The summed E-state index contributed by atoms with van der Waals surface area (Å²) >= 11 is 0. The summed E-state index contributed by atoms with van der Waals surface area (Å²) in [5.74, 6) is 1.31. The predicted octanol–water partition coefficient (Wildman–Crippen LogP) is 1.27. The number of nitrogens with zero attached hydrogens (tertiary/aromatic N) is 2. The third kappa shape index (κ3) is 4.52. The van der Waals surface area contributed by atoms with E-state index in [0.29, 0.717) is 12.5 Å². The van der Waals surface area contributed by atoms with E-state index in [0.717, 1.165) is 38.3 Å². The molecule has 0 spiro atoms. The Kier molecular flexibility index (Phi) is 5.78. The minimum atomic E-state index is -3.48. The van der Waals surface area contributed by atoms with Gasteiger partial charge < -0.3 is 9.88 Å². The van der Waals surface area contributed by atoms with Crippen molar-refractivity contribution >= 4 is 10.0 Å². The van der Waals surface area contributed by atoms with Crippen LogP contribution in [0.15, 0.2) is 11.2 Å². The van der Waals surface area contributed by atoms with Crippen molar-refractivity contribution in [1.82, 2.24) is 19.6 Å². The average Bonchev–Trinajstić information content (AvgIpc) is 2.83. The highest BCUT2D eigenvalue weighted by Crippen LogP contribution is 2.14. The van der Waals surface area contributed by atoms with Crippen molar-refractivity contribution < 1.29 is 8.42 Å². The van der Waals surface area contributed by atoms with Gasteiger partial charge in [0.05, 0.1) is 0 Å². The maximum absolute atomic E-state index is 12.2. The van der Waals surface area contributed by atoms with Crippen molar-refractivity contribution in [3.8, 4) is 0 Å². The van der Waals surface area contributed by atoms with E-state index < -0.39 is 10.0 Å². The lowest BCUT2D eigenvalue weighted by molar-refractivity contribution is 0.358. The monoisotopic (exact) mass is 314 g/mol. The van der Waals surface area contributed by atoms with Gasteiger partial charge in [-0.3, -0.25) is 0 Å². The number of sulfonamides is 1. The van der Waals surface area contributed by atoms with Crippen LogP contribution in [0.2, 0.25) is 0 Å². The summed E-state index contributed by atoms with van der Waals surface area (Å²) in [6.07, 6.45) is 5.82. The molecule has 120 valence electrons. The molecule has 1 atom stereocenters. The Hall–Kier alpha value is -0.920. The molecule has 1 fully saturated rings. The lowest BCUT2D eigenvalue weighted by Gasteiger charge is -2.22. The van der Waals surface area contributed by atoms with Gasteiger partial charge in [-0.25, -0.2) is 18.1 Å². The van der Waals surface area contributed by atoms with Crippen molar-refractivity contribution in [2.24, 2.45) is 5.92 Å². The van der Waals surface area contributed by atoms with Crippen LogP contribution in [0.25, 0.3) is 0 Å². The van der Waals surface area contributed by atoms with E-state index in [1.54, 1.807) is 6.20 Å². The highest BCUT2D eigenvalue weighted by atomic mass is 32.2. The van der Waals surface area contributed by atoms with Gasteiger partial charge in [-0.05, 0) is 51.6 Å². The number of aromatic nitrogens is 2. The van der Waals surface area contributed by atoms with Gasteiger partial charge in [0.1, 0.15) is 5.82 Å². The number of hydrogen-bond acceptors (Lipinski definition) is 4. The zero-order chi connectivity index (χ0) is 15.3. The molecule has 2 N–H and O–H groups in total. The zero-order valence-electron chi connectivity index (χ0n) is 12.9. The second-order valence-electron chi connectivity index (χ2n) is 5.72. The summed E-state index contributed by atoms with van der Waals surface area (Å²) < 4.78 is 29.0. The summed E-state index contributed by atoms with van der Waals surface area (Å²) in [6.45, 7) is 7.24. The fraction of sp³-hybridized carbons (Fsp3) is 0.786. The van der Waals surface area contributed by atoms with Crippen LogP contribution >= 0.6 is 0 Å². The Morgan fingerprint density at radius 1 is 1.52 bits per heavy atom. The van der Waals surface area contributed by atoms with Gasteiger partial charge in [0.15, 0.2) is 5.03 Å². The Bertz CT molecular complexity index is 547. The summed E-state index contributed by atoms with van der Waals surface area (Å²) in [6, 6.07) is 0. The van der Waals surface area contributed by atoms with Crippen LogP contribution in [0.1, 0.15) is 38.4 Å². The Morgan fingerprint density at radius 3 is 3.00 bits per heavy atom. The molecule has 1 aliphatic heterocycles. The number of hydrogen-bond donors (Lipinski definition) is 2. The van der Waals surface area contributed by atoms with Gasteiger partial charge in [-0.2, -0.15) is 0 Å². The average molecular weight is 314 g/mol. The van der Waals surface area contributed by atoms with E-state index in [1.807, 2.05) is 11.5 Å². The first-order valence-electron chi connectivity index (χ1n) is 7.77. The van der Waals surface area contributed by atoms with Crippen molar-refractivity contribution in [2.45, 2.75) is 51.1 Å². The molecule has 0 radical (unpaired) electrons. The minimum Gasteiger partial charge on any atom is -0.334 e. The normalized spacial score (nSPS) is 19.8. The topological polar surface area (TPSA) is 76.0 Å². The third-order valence-corrected chi connectivity index (χ3v) is 5.27. The molecule has 21 heavy (non-hydrogen) atoms. The van der Waals surface area contributed by atoms with Gasteiger partial charge in [-0.1, -0.05) is 6.92 Å². The quantitative estimate of drug-likeness (QED) is 0.795. The maximum atomic E-state index is 12.2. The molecule has 2 heterocycles. The molecule has 0 bridgehead atoms. The lowest BCUT2D eigenvalue weighted by atomic mass is 9.96. The van der Waals surface area contributed by atoms with Crippen molar-refractivity contribution in [2.75, 3.05) is 19.6 Å². The second kappa shape index (κ2) is 7.38. The summed E-state index contributed by atoms with van der Waals surface area (Å²) in [7, 11) is -3.48. The molecule has 1 aromatic heterocycles. The predicted molar refractivity (Wildman–Crippen MR) is 82.7 cm³/mol. The van der Waals surface area contributed by atoms with Crippen molar-refractivity contribution in [3.63, 3.8) is 0 Å². The first-order chi connectivity index (χ1) is 10.0. The molecule has 1 saturated heterocycles. The SMILES string of the molecule is CCCn1cc(S(=O)(=O)NCCC2CCCNC2)nc1C. The Labute approximate surface area is 127 Å². The molecule has 1 aliphatic rings. The first kappa shape index (κ1) is 16.5. The fourth-order valence-electron chi connectivity index (χ4n) is 2.72. The maximum Gasteiger partial charge on any atom is 0.259 e. The van der Waals surface area contributed by atoms with Crippen molar-refractivity contribution in [3.05, 3.63) is 12.0 Å². The van der Waals surface area contributed by atoms with E-state index in [-0.39, 0.29) is 5.03 Å². The van der Waals surface area contributed by atoms with E-state index in [4.69, 9.17) is 0 Å². The highest BCUT2D eigenvalue weighted by Gasteiger charge is 2.20. The number of piperidine rings is 1. The van der Waals surface area contributed by atoms with Crippen LogP contribution in [-0.4, -0.2) is 37.6 Å². The van der Waals surface area contributed by atoms with Crippen LogP contribution in [0.3, 0.4) is 0 Å². The van der Waals surface area contributed by atoms with Crippen LogP contribution in [0.4, 0.5) is 0 Å². The molecular weight excluding hydrogens is 288 g/mol. The van der Waals surface area contributed by atoms with E-state index in [1.165, 1.54) is 12.8 Å². The molecule has 2 rings (SSSR count). The zero-order valence-corrected chi connectivity index (χ0v) is 13.7. The molecule has 0 amide bonds. The molecular formula is C14H26N4O2S. The smallest absolute Gasteiger partial charge is 0.259 e. The van der Waals surface area contributed by atoms with Gasteiger partial charge in [-0.15, -0.1) is 0 Å². The molecule has 7 heteroatoms. The molecule has 0 saturated carbocycles. The van der Waals surface area contributed by atoms with Crippen LogP contribution in [0, 0.1) is 12.8 Å². The van der Waals surface area contributed by atoms with Gasteiger partial charge in [0.2, 0.25) is 0 Å². The minimum absolute atomic E-state index is 0.134. The fourth-order valence-corrected chi connectivity index (χ4v) is 3.77. The van der Waals surface area contributed by atoms with Gasteiger partial charge >= 0.3 is 0 Å². The number of imidazole rings is 1. The Morgan fingerprint density at radius 2 is 2.33 bits per heavy atom. The molecule has 1 aromatic rings. The van der Waals surface area contributed by atoms with Gasteiger partial charge in [0.25, 0.3) is 10.0 Å². The van der Waals surface area contributed by atoms with Gasteiger partial charge in [0, 0.05) is 19.3 Å². The largest absolute Gasteiger partial charge is 0.334 e. The number of aryl methyl sites for hydroxylation is 2. The number of nitrogens with one attached hydrogen (secondary N) is 2. The molecule has 1 unspecified atom stereocenters. The summed E-state index contributed by atoms with van der Waals surface area (Å²) in [5.41, 5.74) is 0. The molecule has 0 aromatic carbocycles.